The number of unbranched alkanes of at least 4 members (excludes halogenated alkanes) is 3. The lowest BCUT2D eigenvalue weighted by Gasteiger charge is -2.34. The third-order valence-corrected chi connectivity index (χ3v) is 5.51. The lowest BCUT2D eigenvalue weighted by molar-refractivity contribution is 0.120. The molecule has 0 aromatic carbocycles. The fourth-order valence-electron chi connectivity index (χ4n) is 3.11. The van der Waals surface area contributed by atoms with Crippen molar-refractivity contribution >= 4 is 6.21 Å². The minimum atomic E-state index is 0.175. The van der Waals surface area contributed by atoms with Crippen LogP contribution in [0.3, 0.4) is 0 Å². The van der Waals surface area contributed by atoms with E-state index in [9.17, 15) is 0 Å². The van der Waals surface area contributed by atoms with Crippen molar-refractivity contribution in [2.24, 2.45) is 11.0 Å². The average Bonchev–Trinajstić information content (AvgIpc) is 2.68. The SMILES string of the molecule is C=CC/C=N\N(/C(=C\CC(CC)CC)NC(C)CCCCCC)C(C)N(C)C. The van der Waals surface area contributed by atoms with Crippen molar-refractivity contribution in [3.63, 3.8) is 0 Å². The predicted octanol–water partition coefficient (Wildman–Crippen LogP) is 6.37. The van der Waals surface area contributed by atoms with Gasteiger partial charge in [-0.15, -0.1) is 6.58 Å². The molecule has 0 saturated carbocycles. The number of allylic oxidation sites excluding steroid dienone is 2. The highest BCUT2D eigenvalue weighted by Gasteiger charge is 2.19. The molecule has 1 N–H and O–H groups in total. The molecular formula is C24H48N4. The van der Waals surface area contributed by atoms with E-state index in [2.05, 4.69) is 76.6 Å². The van der Waals surface area contributed by atoms with E-state index in [1.807, 2.05) is 12.3 Å². The van der Waals surface area contributed by atoms with Crippen LogP contribution in [0, 0.1) is 5.92 Å². The Hall–Kier alpha value is -1.29. The van der Waals surface area contributed by atoms with Crippen LogP contribution < -0.4 is 5.32 Å². The maximum absolute atomic E-state index is 4.79. The first-order valence-corrected chi connectivity index (χ1v) is 11.5. The van der Waals surface area contributed by atoms with E-state index in [1.165, 1.54) is 44.9 Å². The number of hydrazone groups is 1. The Labute approximate surface area is 176 Å². The summed E-state index contributed by atoms with van der Waals surface area (Å²) in [5.41, 5.74) is 0. The average molecular weight is 393 g/mol. The molecule has 0 saturated heterocycles. The van der Waals surface area contributed by atoms with Gasteiger partial charge in [-0.25, -0.2) is 5.01 Å². The first-order valence-electron chi connectivity index (χ1n) is 11.5. The van der Waals surface area contributed by atoms with Gasteiger partial charge in [0.25, 0.3) is 0 Å². The van der Waals surface area contributed by atoms with Crippen molar-refractivity contribution in [1.29, 1.82) is 0 Å². The van der Waals surface area contributed by atoms with Crippen molar-refractivity contribution in [3.05, 3.63) is 24.6 Å². The topological polar surface area (TPSA) is 30.9 Å². The summed E-state index contributed by atoms with van der Waals surface area (Å²) in [4.78, 5) is 2.20. The van der Waals surface area contributed by atoms with E-state index in [1.54, 1.807) is 0 Å². The molecule has 0 radical (unpaired) electrons. The van der Waals surface area contributed by atoms with Gasteiger partial charge in [0.15, 0.2) is 0 Å². The fourth-order valence-corrected chi connectivity index (χ4v) is 3.11. The Kier molecular flexibility index (Phi) is 15.9. The third kappa shape index (κ3) is 11.5. The zero-order chi connectivity index (χ0) is 21.4. The standard InChI is InChI=1S/C24H48N4/c1-9-13-15-16-17-21(5)26-24(19-18-23(11-3)12-4)28(22(6)27(7)8)25-20-14-10-2/h10,19-23,26H,2,9,11-18H2,1,3-8H3/b24-19-,25-20-. The predicted molar refractivity (Wildman–Crippen MR) is 126 cm³/mol. The zero-order valence-corrected chi connectivity index (χ0v) is 19.9. The van der Waals surface area contributed by atoms with Crippen LogP contribution in [-0.2, 0) is 0 Å². The monoisotopic (exact) mass is 392 g/mol. The van der Waals surface area contributed by atoms with Gasteiger partial charge in [-0.05, 0) is 52.8 Å². The summed E-state index contributed by atoms with van der Waals surface area (Å²) in [6.45, 7) is 15.1. The normalized spacial score (nSPS) is 14.7. The fraction of sp³-hybridized carbons (Fsp3) is 0.792. The molecule has 0 aliphatic carbocycles. The quantitative estimate of drug-likeness (QED) is 0.102. The molecule has 2 unspecified atom stereocenters. The molecule has 4 nitrogen and oxygen atoms in total. The molecule has 0 aromatic rings. The first-order chi connectivity index (χ1) is 13.4. The molecule has 164 valence electrons. The largest absolute Gasteiger partial charge is 0.368 e. The maximum atomic E-state index is 4.79. The Morgan fingerprint density at radius 2 is 1.75 bits per heavy atom. The van der Waals surface area contributed by atoms with Gasteiger partial charge in [0.1, 0.15) is 12.0 Å². The Bertz CT molecular complexity index is 438. The lowest BCUT2D eigenvalue weighted by Crippen LogP contribution is -2.44. The van der Waals surface area contributed by atoms with E-state index in [0.717, 1.165) is 24.6 Å². The summed E-state index contributed by atoms with van der Waals surface area (Å²) in [6, 6.07) is 0.441. The van der Waals surface area contributed by atoms with E-state index < -0.39 is 0 Å². The molecule has 0 heterocycles. The van der Waals surface area contributed by atoms with Crippen LogP contribution in [0.15, 0.2) is 29.7 Å². The molecule has 0 spiro atoms. The van der Waals surface area contributed by atoms with Gasteiger partial charge < -0.3 is 5.32 Å². The summed E-state index contributed by atoms with van der Waals surface area (Å²) < 4.78 is 0. The molecule has 0 amide bonds. The van der Waals surface area contributed by atoms with E-state index >= 15 is 0 Å². The minimum Gasteiger partial charge on any atom is -0.368 e. The highest BCUT2D eigenvalue weighted by atomic mass is 15.6. The van der Waals surface area contributed by atoms with Gasteiger partial charge in [0.05, 0.1) is 0 Å². The summed E-state index contributed by atoms with van der Waals surface area (Å²) in [7, 11) is 4.21. The summed E-state index contributed by atoms with van der Waals surface area (Å²) in [6.07, 6.45) is 17.1. The Morgan fingerprint density at radius 1 is 1.07 bits per heavy atom. The molecule has 0 rings (SSSR count). The van der Waals surface area contributed by atoms with Crippen LogP contribution in [0.25, 0.3) is 0 Å². The minimum absolute atomic E-state index is 0.175. The highest BCUT2D eigenvalue weighted by Crippen LogP contribution is 2.18. The first kappa shape index (κ1) is 26.7. The van der Waals surface area contributed by atoms with Crippen LogP contribution >= 0.6 is 0 Å². The van der Waals surface area contributed by atoms with E-state index in [0.29, 0.717) is 6.04 Å². The second-order valence-corrected chi connectivity index (χ2v) is 8.16. The lowest BCUT2D eigenvalue weighted by atomic mass is 9.99. The maximum Gasteiger partial charge on any atom is 0.120 e. The molecular weight excluding hydrogens is 344 g/mol. The zero-order valence-electron chi connectivity index (χ0n) is 19.9. The number of hydrogen-bond acceptors (Lipinski definition) is 4. The second-order valence-electron chi connectivity index (χ2n) is 8.16. The molecule has 2 atom stereocenters. The summed E-state index contributed by atoms with van der Waals surface area (Å²) in [5, 5.41) is 10.7. The number of rotatable bonds is 17. The van der Waals surface area contributed by atoms with Gasteiger partial charge in [0, 0.05) is 18.7 Å². The molecule has 0 aromatic heterocycles. The molecule has 0 aliphatic heterocycles. The molecule has 4 heteroatoms. The molecule has 28 heavy (non-hydrogen) atoms. The summed E-state index contributed by atoms with van der Waals surface area (Å²) >= 11 is 0. The smallest absolute Gasteiger partial charge is 0.120 e. The molecule has 0 bridgehead atoms. The van der Waals surface area contributed by atoms with Gasteiger partial charge in [0.2, 0.25) is 0 Å². The third-order valence-electron chi connectivity index (χ3n) is 5.51. The molecule has 0 aliphatic rings. The number of hydrogen-bond donors (Lipinski definition) is 1. The summed E-state index contributed by atoms with van der Waals surface area (Å²) in [5.74, 6) is 1.86. The van der Waals surface area contributed by atoms with Crippen LogP contribution in [0.1, 0.15) is 92.4 Å². The molecule has 0 fully saturated rings. The van der Waals surface area contributed by atoms with E-state index in [-0.39, 0.29) is 6.17 Å². The van der Waals surface area contributed by atoms with Crippen LogP contribution in [0.2, 0.25) is 0 Å². The van der Waals surface area contributed by atoms with Crippen molar-refractivity contribution in [3.8, 4) is 0 Å². The van der Waals surface area contributed by atoms with Crippen molar-refractivity contribution in [2.45, 2.75) is 105 Å². The second kappa shape index (κ2) is 16.6. The highest BCUT2D eigenvalue weighted by molar-refractivity contribution is 5.58. The number of nitrogens with zero attached hydrogens (tertiary/aromatic N) is 3. The van der Waals surface area contributed by atoms with Gasteiger partial charge in [-0.2, -0.15) is 5.10 Å². The Balaban J connectivity index is 5.41. The van der Waals surface area contributed by atoms with Gasteiger partial charge >= 0.3 is 0 Å². The van der Waals surface area contributed by atoms with E-state index in [4.69, 9.17) is 5.10 Å². The van der Waals surface area contributed by atoms with Crippen molar-refractivity contribution in [2.75, 3.05) is 14.1 Å². The van der Waals surface area contributed by atoms with Gasteiger partial charge in [-0.3, -0.25) is 4.90 Å². The Morgan fingerprint density at radius 3 is 2.29 bits per heavy atom. The van der Waals surface area contributed by atoms with Crippen molar-refractivity contribution < 1.29 is 0 Å². The number of nitrogens with one attached hydrogen (secondary N) is 1. The van der Waals surface area contributed by atoms with Gasteiger partial charge in [-0.1, -0.05) is 65.4 Å². The van der Waals surface area contributed by atoms with Crippen LogP contribution in [-0.4, -0.2) is 42.4 Å². The van der Waals surface area contributed by atoms with Crippen LogP contribution in [0.4, 0.5) is 0 Å². The van der Waals surface area contributed by atoms with Crippen LogP contribution in [0.5, 0.6) is 0 Å². The van der Waals surface area contributed by atoms with Crippen molar-refractivity contribution in [1.82, 2.24) is 15.2 Å².